The number of hydrogen-bond acceptors (Lipinski definition) is 4. The maximum atomic E-state index is 10.6. The van der Waals surface area contributed by atoms with Gasteiger partial charge in [0.25, 0.3) is 0 Å². The fourth-order valence-corrected chi connectivity index (χ4v) is 5.74. The van der Waals surface area contributed by atoms with Gasteiger partial charge in [-0.3, -0.25) is 0 Å². The van der Waals surface area contributed by atoms with E-state index >= 15 is 0 Å². The number of rotatable bonds is 12. The molecule has 4 nitrogen and oxygen atoms in total. The Morgan fingerprint density at radius 2 is 2.20 bits per heavy atom. The van der Waals surface area contributed by atoms with Gasteiger partial charge in [0.15, 0.2) is 0 Å². The van der Waals surface area contributed by atoms with Crippen LogP contribution in [-0.2, 0) is 11.2 Å². The molecule has 1 aliphatic rings. The van der Waals surface area contributed by atoms with Gasteiger partial charge in [0.1, 0.15) is 0 Å². The molecular formula is C22H29BBrClO4S. The molecule has 0 aliphatic heterocycles. The number of hydrogen-bond donors (Lipinski definition) is 3. The first kappa shape index (κ1) is 25.5. The summed E-state index contributed by atoms with van der Waals surface area (Å²) in [5.74, 6) is 1.50. The SMILES string of the molecule is B=C[C@@H]1CC(O)[C@H](C/C=C\CCCC(=O)O)[C@H]1/C=C/[C@@H](O)CCc1cc(Br)c(Cl)s1. The average molecular weight is 516 g/mol. The van der Waals surface area contributed by atoms with E-state index < -0.39 is 18.2 Å². The number of carbonyl (C=O) groups is 1. The first-order valence-corrected chi connectivity index (χ1v) is 12.3. The number of allylic oxidation sites excluding steroid dienone is 3. The maximum absolute atomic E-state index is 10.6. The van der Waals surface area contributed by atoms with Crippen LogP contribution in [0.3, 0.4) is 0 Å². The summed E-state index contributed by atoms with van der Waals surface area (Å²) in [7, 11) is 3.92. The molecule has 0 radical (unpaired) electrons. The molecule has 1 saturated carbocycles. The molecule has 1 heterocycles. The molecule has 164 valence electrons. The van der Waals surface area contributed by atoms with E-state index in [1.165, 1.54) is 11.3 Å². The number of thiophene rings is 1. The number of carboxylic acid groups (broad SMARTS) is 1. The van der Waals surface area contributed by atoms with Crippen molar-refractivity contribution >= 4 is 58.3 Å². The summed E-state index contributed by atoms with van der Waals surface area (Å²) < 4.78 is 1.62. The van der Waals surface area contributed by atoms with Crippen molar-refractivity contribution in [1.29, 1.82) is 0 Å². The minimum absolute atomic E-state index is 0.0687. The van der Waals surface area contributed by atoms with Crippen LogP contribution in [0.1, 0.15) is 43.4 Å². The molecule has 5 atom stereocenters. The van der Waals surface area contributed by atoms with Crippen LogP contribution in [0.15, 0.2) is 34.8 Å². The van der Waals surface area contributed by atoms with Gasteiger partial charge in [0.05, 0.1) is 0 Å². The summed E-state index contributed by atoms with van der Waals surface area (Å²) in [6.07, 6.45) is 11.2. The van der Waals surface area contributed by atoms with Crippen molar-refractivity contribution in [3.8, 4) is 0 Å². The Hall–Kier alpha value is -0.725. The van der Waals surface area contributed by atoms with Gasteiger partial charge >= 0.3 is 197 Å². The van der Waals surface area contributed by atoms with E-state index in [0.717, 1.165) is 32.9 Å². The molecule has 30 heavy (non-hydrogen) atoms. The van der Waals surface area contributed by atoms with Crippen LogP contribution in [0.25, 0.3) is 0 Å². The standard InChI is InChI=1S/C22H29BBrClO4S/c23-13-14-11-20(27)18(5-3-1-2-4-6-21(28)29)17(14)10-8-15(26)7-9-16-12-19(24)22(25)30-16/h1,3,8,10,12-15,17-18,20,23,26-27H,2,4-7,9,11H2,(H,28,29)/b3-1-,10-8+/t14-,15-,17-,18+,20?/m0/s1. The molecule has 1 fully saturated rings. The summed E-state index contributed by atoms with van der Waals surface area (Å²) >= 11 is 11.0. The Morgan fingerprint density at radius 3 is 2.83 bits per heavy atom. The zero-order valence-corrected chi connectivity index (χ0v) is 20.1. The second-order valence-corrected chi connectivity index (χ2v) is 10.4. The topological polar surface area (TPSA) is 77.8 Å². The van der Waals surface area contributed by atoms with Crippen LogP contribution in [0.5, 0.6) is 0 Å². The second kappa shape index (κ2) is 13.0. The average Bonchev–Trinajstić information content (AvgIpc) is 3.19. The fraction of sp³-hybridized carbons (Fsp3) is 0.545. The van der Waals surface area contributed by atoms with Crippen LogP contribution in [0.2, 0.25) is 4.34 Å². The van der Waals surface area contributed by atoms with Crippen molar-refractivity contribution < 1.29 is 20.1 Å². The molecule has 0 aromatic carbocycles. The third-order valence-electron chi connectivity index (χ3n) is 5.57. The van der Waals surface area contributed by atoms with E-state index in [1.54, 1.807) is 0 Å². The van der Waals surface area contributed by atoms with Crippen LogP contribution in [-0.4, -0.2) is 47.0 Å². The molecule has 1 aromatic rings. The second-order valence-electron chi connectivity index (χ2n) is 7.76. The Labute approximate surface area is 196 Å². The fourth-order valence-electron chi connectivity index (χ4n) is 3.94. The van der Waals surface area contributed by atoms with E-state index in [1.807, 2.05) is 36.3 Å². The summed E-state index contributed by atoms with van der Waals surface area (Å²) in [5.41, 5.74) is 0. The van der Waals surface area contributed by atoms with Crippen molar-refractivity contribution in [3.05, 3.63) is 44.1 Å². The molecule has 0 spiro atoms. The van der Waals surface area contributed by atoms with Crippen LogP contribution in [0, 0.1) is 17.8 Å². The third kappa shape index (κ3) is 8.08. The van der Waals surface area contributed by atoms with Crippen molar-refractivity contribution in [2.75, 3.05) is 0 Å². The van der Waals surface area contributed by atoms with Gasteiger partial charge < -0.3 is 0 Å². The van der Waals surface area contributed by atoms with E-state index in [9.17, 15) is 15.0 Å². The molecule has 2 rings (SSSR count). The molecule has 8 heteroatoms. The Morgan fingerprint density at radius 1 is 1.43 bits per heavy atom. The van der Waals surface area contributed by atoms with E-state index in [4.69, 9.17) is 16.7 Å². The normalized spacial score (nSPS) is 25.3. The monoisotopic (exact) mass is 514 g/mol. The summed E-state index contributed by atoms with van der Waals surface area (Å²) in [4.78, 5) is 11.7. The molecule has 0 bridgehead atoms. The Kier molecular flexibility index (Phi) is 11.0. The number of aliphatic hydroxyl groups is 2. The quantitative estimate of drug-likeness (QED) is 0.217. The van der Waals surface area contributed by atoms with E-state index in [0.29, 0.717) is 19.3 Å². The van der Waals surface area contributed by atoms with Gasteiger partial charge in [0, 0.05) is 0 Å². The first-order valence-electron chi connectivity index (χ1n) is 10.3. The number of aliphatic carboxylic acids is 1. The van der Waals surface area contributed by atoms with Crippen LogP contribution in [0.4, 0.5) is 0 Å². The minimum atomic E-state index is -0.776. The number of unbranched alkanes of at least 4 members (excludes halogenated alkanes) is 1. The molecular weight excluding hydrogens is 486 g/mol. The van der Waals surface area contributed by atoms with Crippen molar-refractivity contribution in [3.63, 3.8) is 0 Å². The molecule has 1 unspecified atom stereocenters. The molecule has 1 aliphatic carbocycles. The summed E-state index contributed by atoms with van der Waals surface area (Å²) in [6, 6.07) is 1.99. The van der Waals surface area contributed by atoms with Crippen molar-refractivity contribution in [2.24, 2.45) is 17.8 Å². The van der Waals surface area contributed by atoms with Crippen molar-refractivity contribution in [1.82, 2.24) is 0 Å². The van der Waals surface area contributed by atoms with Gasteiger partial charge in [0.2, 0.25) is 0 Å². The van der Waals surface area contributed by atoms with Gasteiger partial charge in [-0.15, -0.1) is 0 Å². The van der Waals surface area contributed by atoms with E-state index in [-0.39, 0.29) is 24.2 Å². The first-order chi connectivity index (χ1) is 14.3. The zero-order valence-electron chi connectivity index (χ0n) is 16.9. The Balaban J connectivity index is 1.89. The predicted octanol–water partition coefficient (Wildman–Crippen LogP) is 4.53. The van der Waals surface area contributed by atoms with Crippen molar-refractivity contribution in [2.45, 2.75) is 57.2 Å². The van der Waals surface area contributed by atoms with Gasteiger partial charge in [-0.2, -0.15) is 0 Å². The van der Waals surface area contributed by atoms with Crippen LogP contribution < -0.4 is 0 Å². The molecule has 1 aromatic heterocycles. The summed E-state index contributed by atoms with van der Waals surface area (Å²) in [6.45, 7) is 0. The summed E-state index contributed by atoms with van der Waals surface area (Å²) in [5, 5.41) is 29.6. The molecule has 0 saturated heterocycles. The number of halogens is 2. The number of aryl methyl sites for hydroxylation is 1. The van der Waals surface area contributed by atoms with Gasteiger partial charge in [-0.1, -0.05) is 0 Å². The molecule has 3 N–H and O–H groups in total. The van der Waals surface area contributed by atoms with E-state index in [2.05, 4.69) is 23.4 Å². The molecule has 0 amide bonds. The predicted molar refractivity (Wildman–Crippen MR) is 130 cm³/mol. The third-order valence-corrected chi connectivity index (χ3v) is 8.11. The number of aliphatic hydroxyl groups excluding tert-OH is 2. The number of carboxylic acids is 1. The zero-order chi connectivity index (χ0) is 22.1. The van der Waals surface area contributed by atoms with Gasteiger partial charge in [-0.05, 0) is 0 Å². The Bertz CT molecular complexity index is 747. The van der Waals surface area contributed by atoms with Crippen LogP contribution >= 0.6 is 38.9 Å². The van der Waals surface area contributed by atoms with Gasteiger partial charge in [-0.25, -0.2) is 0 Å².